The minimum Gasteiger partial charge on any atom is -0.481 e. The number of nitro groups is 1. The number of carboxylic acid groups (broad SMARTS) is 1. The number of hydrogen-bond acceptors (Lipinski definition) is 9. The Kier molecular flexibility index (Phi) is 7.37. The smallest absolute Gasteiger partial charge is 0.305 e. The molecule has 3 rings (SSSR count). The zero-order valence-corrected chi connectivity index (χ0v) is 20.0. The number of carbonyl (C=O) groups excluding carboxylic acids is 1. The van der Waals surface area contributed by atoms with Crippen LogP contribution in [0.4, 0.5) is 5.69 Å². The molecule has 1 aliphatic rings. The Bertz CT molecular complexity index is 1310. The number of amides is 1. The molecule has 1 amide bonds. The van der Waals surface area contributed by atoms with Crippen molar-refractivity contribution in [3.8, 4) is 0 Å². The van der Waals surface area contributed by atoms with Gasteiger partial charge in [0, 0.05) is 25.2 Å². The molecule has 0 bridgehead atoms. The molecule has 0 saturated carbocycles. The van der Waals surface area contributed by atoms with Crippen LogP contribution in [0.2, 0.25) is 0 Å². The Hall–Kier alpha value is -2.92. The summed E-state index contributed by atoms with van der Waals surface area (Å²) in [6, 6.07) is 6.44. The summed E-state index contributed by atoms with van der Waals surface area (Å²) in [6.07, 6.45) is -1.67. The second kappa shape index (κ2) is 9.75. The third kappa shape index (κ3) is 5.41. The van der Waals surface area contributed by atoms with Crippen molar-refractivity contribution in [2.75, 3.05) is 19.3 Å². The Morgan fingerprint density at radius 2 is 1.88 bits per heavy atom. The van der Waals surface area contributed by atoms with Crippen molar-refractivity contribution in [2.24, 2.45) is 0 Å². The summed E-state index contributed by atoms with van der Waals surface area (Å²) in [7, 11) is -8.28. The molecule has 2 N–H and O–H groups in total. The van der Waals surface area contributed by atoms with Crippen LogP contribution >= 0.6 is 11.3 Å². The zero-order valence-electron chi connectivity index (χ0n) is 17.6. The number of sulfonamides is 2. The number of nitrogens with one attached hydrogen (secondary N) is 1. The maximum atomic E-state index is 13.3. The maximum Gasteiger partial charge on any atom is 0.305 e. The van der Waals surface area contributed by atoms with Crippen molar-refractivity contribution in [3.63, 3.8) is 0 Å². The van der Waals surface area contributed by atoms with Crippen LogP contribution in [0.25, 0.3) is 0 Å². The van der Waals surface area contributed by atoms with Crippen LogP contribution in [-0.4, -0.2) is 72.9 Å². The van der Waals surface area contributed by atoms with Gasteiger partial charge in [-0.05, 0) is 17.0 Å². The molecule has 0 radical (unpaired) electrons. The van der Waals surface area contributed by atoms with Crippen LogP contribution in [0.1, 0.15) is 18.0 Å². The first-order valence-electron chi connectivity index (χ1n) is 9.61. The van der Waals surface area contributed by atoms with E-state index < -0.39 is 55.5 Å². The first-order chi connectivity index (χ1) is 15.8. The molecule has 13 nitrogen and oxygen atoms in total. The molecule has 1 aromatic heterocycles. The van der Waals surface area contributed by atoms with Gasteiger partial charge >= 0.3 is 5.97 Å². The number of rotatable bonds is 9. The van der Waals surface area contributed by atoms with Crippen LogP contribution in [0.5, 0.6) is 0 Å². The van der Waals surface area contributed by atoms with Crippen molar-refractivity contribution < 1.29 is 36.5 Å². The van der Waals surface area contributed by atoms with Crippen LogP contribution in [-0.2, 0) is 29.6 Å². The summed E-state index contributed by atoms with van der Waals surface area (Å²) in [5.41, 5.74) is -0.260. The first kappa shape index (κ1) is 25.7. The molecule has 0 spiro atoms. The number of aliphatic carboxylic acids is 1. The Morgan fingerprint density at radius 1 is 1.21 bits per heavy atom. The fourth-order valence-corrected chi connectivity index (χ4v) is 7.21. The normalized spacial score (nSPS) is 18.4. The second-order valence-electron chi connectivity index (χ2n) is 7.31. The molecule has 0 aliphatic carbocycles. The molecule has 16 heteroatoms. The molecule has 1 fully saturated rings. The Balaban J connectivity index is 2.00. The highest BCUT2D eigenvalue weighted by Gasteiger charge is 2.48. The minimum absolute atomic E-state index is 0.0847. The van der Waals surface area contributed by atoms with Crippen LogP contribution in [0.3, 0.4) is 0 Å². The number of nitrogens with zero attached hydrogens (tertiary/aromatic N) is 3. The summed E-state index contributed by atoms with van der Waals surface area (Å²) in [6.45, 7) is -0.590. The number of benzene rings is 1. The molecular weight excluding hydrogens is 512 g/mol. The first-order valence-corrected chi connectivity index (χ1v) is 13.8. The van der Waals surface area contributed by atoms with Gasteiger partial charge in [0.1, 0.15) is 4.21 Å². The standard InChI is InChI=1S/C18H20N4O9S3/c1-33(28,29)20-7-8-21(34(30,31)16-6-3-9-32-16)18(20)17(25)19-14(11-15(23)24)12-4-2-5-13(10-12)22(26)27/h2-6,9-10,14,18H,7-8,11H2,1H3,(H,19,25)(H,23,24). The average molecular weight is 533 g/mol. The van der Waals surface area contributed by atoms with E-state index in [9.17, 15) is 41.6 Å². The van der Waals surface area contributed by atoms with E-state index >= 15 is 0 Å². The van der Waals surface area contributed by atoms with Gasteiger partial charge in [-0.2, -0.15) is 8.61 Å². The summed E-state index contributed by atoms with van der Waals surface area (Å²) < 4.78 is 52.2. The molecule has 184 valence electrons. The number of thiophene rings is 1. The summed E-state index contributed by atoms with van der Waals surface area (Å²) in [5, 5.41) is 24.3. The molecule has 2 atom stereocenters. The molecule has 34 heavy (non-hydrogen) atoms. The van der Waals surface area contributed by atoms with Crippen molar-refractivity contribution >= 4 is 48.9 Å². The second-order valence-corrected chi connectivity index (χ2v) is 12.3. The van der Waals surface area contributed by atoms with Gasteiger partial charge < -0.3 is 10.4 Å². The quantitative estimate of drug-likeness (QED) is 0.344. The van der Waals surface area contributed by atoms with Crippen LogP contribution in [0, 0.1) is 10.1 Å². The van der Waals surface area contributed by atoms with Gasteiger partial charge in [-0.1, -0.05) is 18.2 Å². The Labute approximate surface area is 198 Å². The van der Waals surface area contributed by atoms with Crippen LogP contribution < -0.4 is 5.32 Å². The predicted molar refractivity (Wildman–Crippen MR) is 120 cm³/mol. The lowest BCUT2D eigenvalue weighted by Crippen LogP contribution is -2.54. The lowest BCUT2D eigenvalue weighted by molar-refractivity contribution is -0.384. The van der Waals surface area contributed by atoms with E-state index in [2.05, 4.69) is 5.32 Å². The van der Waals surface area contributed by atoms with Gasteiger partial charge in [-0.3, -0.25) is 19.7 Å². The van der Waals surface area contributed by atoms with Crippen molar-refractivity contribution in [1.29, 1.82) is 0 Å². The summed E-state index contributed by atoms with van der Waals surface area (Å²) in [5.74, 6) is -2.42. The van der Waals surface area contributed by atoms with Gasteiger partial charge in [-0.15, -0.1) is 11.3 Å². The molecule has 1 aromatic carbocycles. The molecule has 2 unspecified atom stereocenters. The van der Waals surface area contributed by atoms with Crippen LogP contribution in [0.15, 0.2) is 46.0 Å². The topological polar surface area (TPSA) is 184 Å². The fourth-order valence-electron chi connectivity index (χ4n) is 3.50. The van der Waals surface area contributed by atoms with Crippen molar-refractivity contribution in [3.05, 3.63) is 57.5 Å². The lowest BCUT2D eigenvalue weighted by Gasteiger charge is -2.29. The number of nitro benzene ring substituents is 1. The van der Waals surface area contributed by atoms with Crippen molar-refractivity contribution in [2.45, 2.75) is 22.8 Å². The fraction of sp³-hybridized carbons (Fsp3) is 0.333. The third-order valence-corrected chi connectivity index (χ3v) is 9.44. The van der Waals surface area contributed by atoms with Crippen molar-refractivity contribution in [1.82, 2.24) is 13.9 Å². The third-order valence-electron chi connectivity index (χ3n) is 4.98. The highest BCUT2D eigenvalue weighted by Crippen LogP contribution is 2.30. The van der Waals surface area contributed by atoms with Gasteiger partial charge in [0.05, 0.1) is 23.6 Å². The molecule has 1 saturated heterocycles. The van der Waals surface area contributed by atoms with E-state index in [0.717, 1.165) is 28.0 Å². The SMILES string of the molecule is CS(=O)(=O)N1CCN(S(=O)(=O)c2cccs2)C1C(=O)NC(CC(=O)O)c1cccc([N+](=O)[O-])c1. The Morgan fingerprint density at radius 3 is 2.44 bits per heavy atom. The van der Waals surface area contributed by atoms with E-state index in [0.29, 0.717) is 4.31 Å². The highest BCUT2D eigenvalue weighted by atomic mass is 32.2. The van der Waals surface area contributed by atoms with E-state index in [1.54, 1.807) is 0 Å². The van der Waals surface area contributed by atoms with E-state index in [-0.39, 0.29) is 28.5 Å². The van der Waals surface area contributed by atoms with Gasteiger partial charge in [0.25, 0.3) is 21.6 Å². The largest absolute Gasteiger partial charge is 0.481 e. The number of hydrogen-bond donors (Lipinski definition) is 2. The molecule has 2 heterocycles. The number of carboxylic acids is 1. The maximum absolute atomic E-state index is 13.3. The van der Waals surface area contributed by atoms with Gasteiger partial charge in [0.15, 0.2) is 6.17 Å². The number of non-ortho nitro benzene ring substituents is 1. The van der Waals surface area contributed by atoms with Gasteiger partial charge in [-0.25, -0.2) is 16.8 Å². The lowest BCUT2D eigenvalue weighted by atomic mass is 10.0. The zero-order chi connectivity index (χ0) is 25.3. The molecule has 1 aliphatic heterocycles. The number of carbonyl (C=O) groups is 2. The monoisotopic (exact) mass is 532 g/mol. The highest BCUT2D eigenvalue weighted by molar-refractivity contribution is 7.91. The van der Waals surface area contributed by atoms with E-state index in [1.165, 1.54) is 35.7 Å². The predicted octanol–water partition coefficient (Wildman–Crippen LogP) is 0.581. The van der Waals surface area contributed by atoms with Gasteiger partial charge in [0.2, 0.25) is 10.0 Å². The molecular formula is C18H20N4O9S3. The molecule has 2 aromatic rings. The van der Waals surface area contributed by atoms with E-state index in [1.807, 2.05) is 0 Å². The summed E-state index contributed by atoms with van der Waals surface area (Å²) in [4.78, 5) is 35.1. The summed E-state index contributed by atoms with van der Waals surface area (Å²) >= 11 is 0.892. The van der Waals surface area contributed by atoms with E-state index in [4.69, 9.17) is 0 Å². The minimum atomic E-state index is -4.24. The average Bonchev–Trinajstić information content (AvgIpc) is 3.43.